The van der Waals surface area contributed by atoms with E-state index >= 15 is 0 Å². The first-order valence-electron chi connectivity index (χ1n) is 6.06. The van der Waals surface area contributed by atoms with Gasteiger partial charge in [0, 0.05) is 0 Å². The fourth-order valence-corrected chi connectivity index (χ4v) is 2.55. The van der Waals surface area contributed by atoms with E-state index in [4.69, 9.17) is 9.84 Å². The van der Waals surface area contributed by atoms with Gasteiger partial charge in [0.25, 0.3) is 0 Å². The number of carbonyl (C=O) groups excluding carboxylic acids is 1. The third kappa shape index (κ3) is 4.59. The van der Waals surface area contributed by atoms with Gasteiger partial charge in [-0.2, -0.15) is 0 Å². The molecule has 0 saturated heterocycles. The number of rotatable bonds is 6. The van der Waals surface area contributed by atoms with Crippen molar-refractivity contribution in [2.24, 2.45) is 5.41 Å². The molecule has 96 valence electrons. The number of esters is 1. The maximum absolute atomic E-state index is 11.6. The van der Waals surface area contributed by atoms with Gasteiger partial charge < -0.3 is 9.84 Å². The van der Waals surface area contributed by atoms with Crippen LogP contribution >= 0.6 is 0 Å². The molecule has 1 saturated carbocycles. The summed E-state index contributed by atoms with van der Waals surface area (Å²) in [4.78, 5) is 22.5. The molecule has 1 N–H and O–H groups in total. The molecule has 0 aromatic carbocycles. The molecule has 1 aliphatic carbocycles. The third-order valence-electron chi connectivity index (χ3n) is 3.32. The number of carbonyl (C=O) groups is 2. The van der Waals surface area contributed by atoms with E-state index in [-0.39, 0.29) is 30.8 Å². The molecule has 0 spiro atoms. The minimum Gasteiger partial charge on any atom is -0.481 e. The average Bonchev–Trinajstić information content (AvgIpc) is 2.26. The number of hydrogen-bond donors (Lipinski definition) is 1. The zero-order valence-corrected chi connectivity index (χ0v) is 10.1. The van der Waals surface area contributed by atoms with Crippen molar-refractivity contribution in [3.05, 3.63) is 12.7 Å². The van der Waals surface area contributed by atoms with Gasteiger partial charge >= 0.3 is 11.9 Å². The molecule has 1 rings (SSSR count). The van der Waals surface area contributed by atoms with Crippen molar-refractivity contribution in [2.45, 2.75) is 44.9 Å². The molecule has 0 bridgehead atoms. The average molecular weight is 240 g/mol. The number of aliphatic carboxylic acids is 1. The van der Waals surface area contributed by atoms with E-state index < -0.39 is 5.97 Å². The molecule has 0 aromatic rings. The first kappa shape index (κ1) is 13.7. The Morgan fingerprint density at radius 1 is 1.24 bits per heavy atom. The molecule has 17 heavy (non-hydrogen) atoms. The summed E-state index contributed by atoms with van der Waals surface area (Å²) in [7, 11) is 0. The van der Waals surface area contributed by atoms with Crippen LogP contribution in [0.4, 0.5) is 0 Å². The van der Waals surface area contributed by atoms with Gasteiger partial charge in [0.15, 0.2) is 0 Å². The quantitative estimate of drug-likeness (QED) is 0.572. The lowest BCUT2D eigenvalue weighted by atomic mass is 9.70. The maximum atomic E-state index is 11.6. The van der Waals surface area contributed by atoms with Gasteiger partial charge in [0.2, 0.25) is 0 Å². The maximum Gasteiger partial charge on any atom is 0.306 e. The third-order valence-corrected chi connectivity index (χ3v) is 3.32. The van der Waals surface area contributed by atoms with Crippen molar-refractivity contribution in [3.8, 4) is 0 Å². The Morgan fingerprint density at radius 3 is 2.41 bits per heavy atom. The van der Waals surface area contributed by atoms with E-state index in [0.29, 0.717) is 0 Å². The Bertz CT molecular complexity index is 290. The van der Waals surface area contributed by atoms with E-state index in [9.17, 15) is 9.59 Å². The molecule has 0 heterocycles. The van der Waals surface area contributed by atoms with E-state index in [1.807, 2.05) is 0 Å². The second-order valence-electron chi connectivity index (χ2n) is 4.78. The predicted octanol–water partition coefficient (Wildman–Crippen LogP) is 2.53. The van der Waals surface area contributed by atoms with Gasteiger partial charge in [-0.05, 0) is 18.3 Å². The molecule has 0 amide bonds. The first-order valence-corrected chi connectivity index (χ1v) is 6.06. The lowest BCUT2D eigenvalue weighted by Crippen LogP contribution is -2.30. The number of ether oxygens (including phenoxy) is 1. The molecule has 4 nitrogen and oxygen atoms in total. The number of hydrogen-bond acceptors (Lipinski definition) is 3. The van der Waals surface area contributed by atoms with Gasteiger partial charge in [-0.15, -0.1) is 0 Å². The van der Waals surface area contributed by atoms with Crippen LogP contribution in [0.25, 0.3) is 0 Å². The Labute approximate surface area is 102 Å². The van der Waals surface area contributed by atoms with Crippen molar-refractivity contribution in [3.63, 3.8) is 0 Å². The normalized spacial score (nSPS) is 18.4. The SMILES string of the molecule is C=CCOC(=O)CC1(CC(=O)O)CCCCC1. The van der Waals surface area contributed by atoms with Crippen LogP contribution in [0.2, 0.25) is 0 Å². The highest BCUT2D eigenvalue weighted by Gasteiger charge is 2.36. The fraction of sp³-hybridized carbons (Fsp3) is 0.692. The molecule has 0 aromatic heterocycles. The summed E-state index contributed by atoms with van der Waals surface area (Å²) in [6, 6.07) is 0. The highest BCUT2D eigenvalue weighted by atomic mass is 16.5. The molecule has 0 aliphatic heterocycles. The molecule has 4 heteroatoms. The second kappa shape index (κ2) is 6.42. The highest BCUT2D eigenvalue weighted by Crippen LogP contribution is 2.42. The Hall–Kier alpha value is -1.32. The minimum absolute atomic E-state index is 0.0657. The Balaban J connectivity index is 2.59. The van der Waals surface area contributed by atoms with Gasteiger partial charge in [0.1, 0.15) is 6.61 Å². The van der Waals surface area contributed by atoms with Gasteiger partial charge in [-0.3, -0.25) is 9.59 Å². The summed E-state index contributed by atoms with van der Waals surface area (Å²) in [5.41, 5.74) is -0.387. The number of carboxylic acids is 1. The van der Waals surface area contributed by atoms with Gasteiger partial charge in [-0.1, -0.05) is 31.9 Å². The zero-order chi connectivity index (χ0) is 12.7. The first-order chi connectivity index (χ1) is 8.08. The molecular weight excluding hydrogens is 220 g/mol. The molecular formula is C13H20O4. The molecule has 0 radical (unpaired) electrons. The highest BCUT2D eigenvalue weighted by molar-refractivity contribution is 5.73. The fourth-order valence-electron chi connectivity index (χ4n) is 2.55. The van der Waals surface area contributed by atoms with Crippen LogP contribution in [-0.4, -0.2) is 23.7 Å². The summed E-state index contributed by atoms with van der Waals surface area (Å²) >= 11 is 0. The minimum atomic E-state index is -0.830. The molecule has 1 aliphatic rings. The van der Waals surface area contributed by atoms with Crippen LogP contribution in [0, 0.1) is 5.41 Å². The van der Waals surface area contributed by atoms with E-state index in [1.165, 1.54) is 6.08 Å². The second-order valence-corrected chi connectivity index (χ2v) is 4.78. The van der Waals surface area contributed by atoms with Crippen LogP contribution < -0.4 is 0 Å². The standard InChI is InChI=1S/C13H20O4/c1-2-8-17-12(16)10-13(9-11(14)15)6-4-3-5-7-13/h2H,1,3-10H2,(H,14,15). The van der Waals surface area contributed by atoms with Gasteiger partial charge in [-0.25, -0.2) is 0 Å². The summed E-state index contributed by atoms with van der Waals surface area (Å²) in [6.07, 6.45) is 6.55. The predicted molar refractivity (Wildman–Crippen MR) is 63.5 cm³/mol. The van der Waals surface area contributed by atoms with Crippen molar-refractivity contribution in [2.75, 3.05) is 6.61 Å². The zero-order valence-electron chi connectivity index (χ0n) is 10.1. The molecule has 0 atom stereocenters. The molecule has 0 unspecified atom stereocenters. The van der Waals surface area contributed by atoms with Crippen LogP contribution in [0.1, 0.15) is 44.9 Å². The van der Waals surface area contributed by atoms with E-state index in [0.717, 1.165) is 32.1 Å². The van der Waals surface area contributed by atoms with Crippen molar-refractivity contribution < 1.29 is 19.4 Å². The van der Waals surface area contributed by atoms with Crippen LogP contribution in [0.15, 0.2) is 12.7 Å². The topological polar surface area (TPSA) is 63.6 Å². The number of carboxylic acid groups (broad SMARTS) is 1. The van der Waals surface area contributed by atoms with Crippen molar-refractivity contribution in [1.82, 2.24) is 0 Å². The van der Waals surface area contributed by atoms with E-state index in [1.54, 1.807) is 0 Å². The Morgan fingerprint density at radius 2 is 1.88 bits per heavy atom. The smallest absolute Gasteiger partial charge is 0.306 e. The van der Waals surface area contributed by atoms with Crippen LogP contribution in [0.3, 0.4) is 0 Å². The largest absolute Gasteiger partial charge is 0.481 e. The lowest BCUT2D eigenvalue weighted by Gasteiger charge is -2.35. The summed E-state index contributed by atoms with van der Waals surface area (Å²) in [5, 5.41) is 8.95. The Kier molecular flexibility index (Phi) is 5.19. The van der Waals surface area contributed by atoms with Crippen molar-refractivity contribution >= 4 is 11.9 Å². The monoisotopic (exact) mass is 240 g/mol. The summed E-state index contributed by atoms with van der Waals surface area (Å²) in [5.74, 6) is -1.14. The van der Waals surface area contributed by atoms with Crippen molar-refractivity contribution in [1.29, 1.82) is 0 Å². The summed E-state index contributed by atoms with van der Waals surface area (Å²) < 4.78 is 4.95. The lowest BCUT2D eigenvalue weighted by molar-refractivity contribution is -0.148. The van der Waals surface area contributed by atoms with Crippen LogP contribution in [-0.2, 0) is 14.3 Å². The van der Waals surface area contributed by atoms with Crippen LogP contribution in [0.5, 0.6) is 0 Å². The summed E-state index contributed by atoms with van der Waals surface area (Å²) in [6.45, 7) is 3.67. The van der Waals surface area contributed by atoms with E-state index in [2.05, 4.69) is 6.58 Å². The van der Waals surface area contributed by atoms with Gasteiger partial charge in [0.05, 0.1) is 12.8 Å². The molecule has 1 fully saturated rings.